The van der Waals surface area contributed by atoms with Crippen LogP contribution in [-0.4, -0.2) is 0 Å². The summed E-state index contributed by atoms with van der Waals surface area (Å²) in [7, 11) is 0. The first-order valence-corrected chi connectivity index (χ1v) is 19.3. The molecule has 2 aromatic heterocycles. The van der Waals surface area contributed by atoms with Gasteiger partial charge in [0, 0.05) is 30.9 Å². The number of furan rings is 1. The second-order valence-electron chi connectivity index (χ2n) is 14.3. The summed E-state index contributed by atoms with van der Waals surface area (Å²) in [6.07, 6.45) is 0. The van der Waals surface area contributed by atoms with Crippen molar-refractivity contribution < 1.29 is 4.42 Å². The maximum absolute atomic E-state index is 6.72. The molecule has 0 atom stereocenters. The molecule has 12 aromatic rings. The van der Waals surface area contributed by atoms with Crippen molar-refractivity contribution in [2.75, 3.05) is 0 Å². The lowest BCUT2D eigenvalue weighted by molar-refractivity contribution is 0.673. The number of hydrogen-bond donors (Lipinski definition) is 0. The third-order valence-corrected chi connectivity index (χ3v) is 12.6. The zero-order valence-electron chi connectivity index (χ0n) is 29.1. The minimum atomic E-state index is 0.935. The second kappa shape index (κ2) is 11.4. The largest absolute Gasteiger partial charge is 0.455 e. The molecule has 0 amide bonds. The summed E-state index contributed by atoms with van der Waals surface area (Å²) in [5.41, 5.74) is 9.34. The van der Waals surface area contributed by atoms with E-state index in [1.807, 2.05) is 11.3 Å². The van der Waals surface area contributed by atoms with Crippen LogP contribution < -0.4 is 0 Å². The fourth-order valence-electron chi connectivity index (χ4n) is 9.07. The van der Waals surface area contributed by atoms with Crippen LogP contribution >= 0.6 is 11.3 Å². The van der Waals surface area contributed by atoms with Crippen LogP contribution in [0, 0.1) is 0 Å². The Balaban J connectivity index is 1.07. The van der Waals surface area contributed by atoms with Gasteiger partial charge in [0.25, 0.3) is 0 Å². The van der Waals surface area contributed by atoms with Gasteiger partial charge in [0.05, 0.1) is 0 Å². The Labute approximate surface area is 314 Å². The third kappa shape index (κ3) is 4.26. The molecule has 0 aliphatic carbocycles. The predicted octanol–water partition coefficient (Wildman–Crippen LogP) is 15.6. The third-order valence-electron chi connectivity index (χ3n) is 11.4. The van der Waals surface area contributed by atoms with Crippen molar-refractivity contribution in [3.63, 3.8) is 0 Å². The molecule has 0 saturated heterocycles. The smallest absolute Gasteiger partial charge is 0.144 e. The van der Waals surface area contributed by atoms with E-state index in [4.69, 9.17) is 4.42 Å². The number of benzene rings is 10. The fraction of sp³-hybridized carbons (Fsp3) is 0. The summed E-state index contributed by atoms with van der Waals surface area (Å²) in [6.45, 7) is 0. The summed E-state index contributed by atoms with van der Waals surface area (Å²) < 4.78 is 9.23. The molecule has 0 unspecified atom stereocenters. The average Bonchev–Trinajstić information content (AvgIpc) is 3.81. The van der Waals surface area contributed by atoms with E-state index in [-0.39, 0.29) is 0 Å². The first kappa shape index (κ1) is 29.8. The fourth-order valence-corrected chi connectivity index (χ4v) is 10.2. The predicted molar refractivity (Wildman–Crippen MR) is 233 cm³/mol. The molecule has 2 heterocycles. The molecule has 0 bridgehead atoms. The Morgan fingerprint density at radius 3 is 1.70 bits per heavy atom. The molecular formula is C52H30OS. The van der Waals surface area contributed by atoms with Crippen LogP contribution in [0.1, 0.15) is 0 Å². The van der Waals surface area contributed by atoms with Crippen LogP contribution in [0.2, 0.25) is 0 Å². The molecule has 12 rings (SSSR count). The Kier molecular flexibility index (Phi) is 6.28. The van der Waals surface area contributed by atoms with Crippen LogP contribution in [0.5, 0.6) is 0 Å². The lowest BCUT2D eigenvalue weighted by Crippen LogP contribution is -1.92. The maximum Gasteiger partial charge on any atom is 0.144 e. The molecule has 10 aromatic carbocycles. The van der Waals surface area contributed by atoms with E-state index < -0.39 is 0 Å². The van der Waals surface area contributed by atoms with Crippen molar-refractivity contribution in [2.24, 2.45) is 0 Å². The molecule has 1 nitrogen and oxygen atoms in total. The topological polar surface area (TPSA) is 13.1 Å². The number of thiophene rings is 1. The van der Waals surface area contributed by atoms with Gasteiger partial charge < -0.3 is 4.42 Å². The summed E-state index contributed by atoms with van der Waals surface area (Å²) in [4.78, 5) is 0. The maximum atomic E-state index is 6.72. The van der Waals surface area contributed by atoms with E-state index >= 15 is 0 Å². The number of rotatable bonds is 3. The van der Waals surface area contributed by atoms with Crippen LogP contribution in [0.4, 0.5) is 0 Å². The highest BCUT2D eigenvalue weighted by atomic mass is 32.1. The van der Waals surface area contributed by atoms with E-state index in [2.05, 4.69) is 182 Å². The van der Waals surface area contributed by atoms with E-state index in [0.717, 1.165) is 11.2 Å². The van der Waals surface area contributed by atoms with E-state index in [1.54, 1.807) is 0 Å². The first-order valence-electron chi connectivity index (χ1n) is 18.5. The molecule has 2 heteroatoms. The van der Waals surface area contributed by atoms with E-state index in [1.165, 1.54) is 107 Å². The van der Waals surface area contributed by atoms with Gasteiger partial charge in [-0.2, -0.15) is 0 Å². The first-order chi connectivity index (χ1) is 26.8. The molecule has 250 valence electrons. The van der Waals surface area contributed by atoms with Gasteiger partial charge in [0.1, 0.15) is 11.2 Å². The molecule has 0 aliphatic rings. The second-order valence-corrected chi connectivity index (χ2v) is 15.4. The molecular weight excluding hydrogens is 673 g/mol. The summed E-state index contributed by atoms with van der Waals surface area (Å²) in [5.74, 6) is 0. The molecule has 0 N–H and O–H groups in total. The Bertz CT molecular complexity index is 3450. The number of hydrogen-bond acceptors (Lipinski definition) is 2. The van der Waals surface area contributed by atoms with Gasteiger partial charge in [-0.05, 0) is 113 Å². The highest BCUT2D eigenvalue weighted by Gasteiger charge is 2.20. The van der Waals surface area contributed by atoms with Crippen molar-refractivity contribution >= 4 is 96.5 Å². The van der Waals surface area contributed by atoms with Gasteiger partial charge in [-0.15, -0.1) is 11.3 Å². The van der Waals surface area contributed by atoms with Crippen molar-refractivity contribution in [1.29, 1.82) is 0 Å². The van der Waals surface area contributed by atoms with Crippen LogP contribution in [0.15, 0.2) is 186 Å². The summed E-state index contributed by atoms with van der Waals surface area (Å²) in [5, 5.41) is 14.8. The summed E-state index contributed by atoms with van der Waals surface area (Å²) in [6, 6.07) is 66.7. The lowest BCUT2D eigenvalue weighted by Gasteiger charge is -2.19. The normalized spacial score (nSPS) is 12.1. The van der Waals surface area contributed by atoms with Crippen molar-refractivity contribution in [3.05, 3.63) is 182 Å². The van der Waals surface area contributed by atoms with Crippen LogP contribution in [0.3, 0.4) is 0 Å². The van der Waals surface area contributed by atoms with Gasteiger partial charge in [-0.25, -0.2) is 0 Å². The minimum Gasteiger partial charge on any atom is -0.455 e. The summed E-state index contributed by atoms with van der Waals surface area (Å²) >= 11 is 1.84. The zero-order valence-corrected chi connectivity index (χ0v) is 30.0. The average molecular weight is 703 g/mol. The Hall–Kier alpha value is -6.74. The molecule has 0 radical (unpaired) electrons. The van der Waals surface area contributed by atoms with Crippen LogP contribution in [-0.2, 0) is 0 Å². The van der Waals surface area contributed by atoms with E-state index in [0.29, 0.717) is 0 Å². The number of fused-ring (bicyclic) bond motifs is 12. The van der Waals surface area contributed by atoms with Gasteiger partial charge in [-0.3, -0.25) is 0 Å². The van der Waals surface area contributed by atoms with E-state index in [9.17, 15) is 0 Å². The Morgan fingerprint density at radius 1 is 0.333 bits per heavy atom. The van der Waals surface area contributed by atoms with Gasteiger partial charge >= 0.3 is 0 Å². The molecule has 0 saturated carbocycles. The monoisotopic (exact) mass is 702 g/mol. The molecule has 0 fully saturated rings. The van der Waals surface area contributed by atoms with Gasteiger partial charge in [0.2, 0.25) is 0 Å². The molecule has 0 spiro atoms. The molecule has 54 heavy (non-hydrogen) atoms. The molecule has 0 aliphatic heterocycles. The standard InChI is InChI=1S/C52H30OS/c1-3-16-36-31(11-1)13-10-22-38(36)49-41-20-7-5-18-39(41)48(40-19-6-8-21-42(40)49)35-15-9-14-33(29-35)34-24-27-46-44(30-34)51-47(54-46)28-25-43-50-37-17-4-2-12-32(37)23-26-45(50)53-52(43)51/h1-30H. The van der Waals surface area contributed by atoms with Crippen molar-refractivity contribution in [2.45, 2.75) is 0 Å². The van der Waals surface area contributed by atoms with Crippen molar-refractivity contribution in [3.8, 4) is 33.4 Å². The van der Waals surface area contributed by atoms with Gasteiger partial charge in [0.15, 0.2) is 0 Å². The SMILES string of the molecule is c1cc(-c2ccc3sc4ccc5c(oc6ccc7ccccc7c65)c4c3c2)cc(-c2c3ccccc3c(-c3cccc4ccccc34)c3ccccc23)c1. The highest BCUT2D eigenvalue weighted by Crippen LogP contribution is 2.47. The lowest BCUT2D eigenvalue weighted by atomic mass is 9.84. The van der Waals surface area contributed by atoms with Crippen LogP contribution in [0.25, 0.3) is 119 Å². The Morgan fingerprint density at radius 2 is 0.926 bits per heavy atom. The van der Waals surface area contributed by atoms with Gasteiger partial charge in [-0.1, -0.05) is 146 Å². The quantitative estimate of drug-likeness (QED) is 0.167. The minimum absolute atomic E-state index is 0.935. The zero-order chi connectivity index (χ0) is 35.3. The highest BCUT2D eigenvalue weighted by molar-refractivity contribution is 7.26. The van der Waals surface area contributed by atoms with Crippen molar-refractivity contribution in [1.82, 2.24) is 0 Å².